The van der Waals surface area contributed by atoms with Crippen molar-refractivity contribution in [3.05, 3.63) is 46.0 Å². The molecule has 0 saturated heterocycles. The van der Waals surface area contributed by atoms with Crippen LogP contribution in [0, 0.1) is 6.92 Å². The molecule has 0 aliphatic rings. The van der Waals surface area contributed by atoms with Gasteiger partial charge in [-0.2, -0.15) is 0 Å². The van der Waals surface area contributed by atoms with E-state index in [1.54, 1.807) is 10.6 Å². The van der Waals surface area contributed by atoms with Crippen molar-refractivity contribution in [2.75, 3.05) is 5.88 Å². The number of hydrogen-bond acceptors (Lipinski definition) is 2. The Morgan fingerprint density at radius 2 is 2.27 bits per heavy atom. The van der Waals surface area contributed by atoms with Crippen LogP contribution in [0.25, 0.3) is 5.65 Å². The minimum atomic E-state index is -0.0150. The summed E-state index contributed by atoms with van der Waals surface area (Å²) in [7, 11) is 0. The van der Waals surface area contributed by atoms with E-state index in [4.69, 9.17) is 11.6 Å². The van der Waals surface area contributed by atoms with Gasteiger partial charge >= 0.3 is 0 Å². The molecule has 4 heteroatoms. The van der Waals surface area contributed by atoms with Crippen LogP contribution in [-0.2, 0) is 6.42 Å². The van der Waals surface area contributed by atoms with Gasteiger partial charge in [-0.15, -0.1) is 11.6 Å². The van der Waals surface area contributed by atoms with Crippen molar-refractivity contribution in [1.82, 2.24) is 9.38 Å². The number of nitrogens with zero attached hydrogens (tertiary/aromatic N) is 2. The lowest BCUT2D eigenvalue weighted by molar-refractivity contribution is 0.938. The fourth-order valence-electron chi connectivity index (χ4n) is 1.58. The number of aryl methyl sites for hydroxylation is 2. The van der Waals surface area contributed by atoms with E-state index in [0.29, 0.717) is 23.5 Å². The number of pyridine rings is 1. The molecule has 0 aliphatic heterocycles. The zero-order valence-electron chi connectivity index (χ0n) is 8.40. The molecular weight excluding hydrogens is 212 g/mol. The van der Waals surface area contributed by atoms with Crippen LogP contribution in [0.3, 0.4) is 0 Å². The molecule has 2 rings (SSSR count). The van der Waals surface area contributed by atoms with Crippen molar-refractivity contribution in [3.63, 3.8) is 0 Å². The number of fused-ring (bicyclic) bond motifs is 1. The van der Waals surface area contributed by atoms with Gasteiger partial charge in [-0.25, -0.2) is 4.98 Å². The van der Waals surface area contributed by atoms with E-state index in [-0.39, 0.29) is 5.56 Å². The molecule has 3 nitrogen and oxygen atoms in total. The number of halogens is 1. The maximum Gasteiger partial charge on any atom is 0.261 e. The molecule has 0 unspecified atom stereocenters. The molecule has 0 atom stereocenters. The molecule has 78 valence electrons. The topological polar surface area (TPSA) is 34.4 Å². The van der Waals surface area contributed by atoms with Crippen LogP contribution in [0.2, 0.25) is 0 Å². The first-order valence-corrected chi connectivity index (χ1v) is 5.29. The minimum absolute atomic E-state index is 0.0150. The molecular formula is C11H11ClN2O. The third kappa shape index (κ3) is 1.75. The molecule has 0 bridgehead atoms. The van der Waals surface area contributed by atoms with Crippen molar-refractivity contribution >= 4 is 17.2 Å². The van der Waals surface area contributed by atoms with E-state index in [9.17, 15) is 4.79 Å². The van der Waals surface area contributed by atoms with Gasteiger partial charge in [0.1, 0.15) is 5.65 Å². The molecule has 0 N–H and O–H groups in total. The molecule has 0 fully saturated rings. The second-order valence-electron chi connectivity index (χ2n) is 3.39. The van der Waals surface area contributed by atoms with Gasteiger partial charge in [0.15, 0.2) is 0 Å². The van der Waals surface area contributed by atoms with E-state index >= 15 is 0 Å². The van der Waals surface area contributed by atoms with E-state index in [1.165, 1.54) is 0 Å². The van der Waals surface area contributed by atoms with Crippen LogP contribution in [0.1, 0.15) is 11.3 Å². The molecule has 2 heterocycles. The lowest BCUT2D eigenvalue weighted by Gasteiger charge is -2.05. The average molecular weight is 223 g/mol. The van der Waals surface area contributed by atoms with Crippen LogP contribution in [-0.4, -0.2) is 15.3 Å². The summed E-state index contributed by atoms with van der Waals surface area (Å²) in [4.78, 5) is 16.2. The Morgan fingerprint density at radius 1 is 1.47 bits per heavy atom. The van der Waals surface area contributed by atoms with Gasteiger partial charge in [-0.1, -0.05) is 6.07 Å². The summed E-state index contributed by atoms with van der Waals surface area (Å²) in [5, 5.41) is 0. The molecule has 2 aromatic rings. The highest BCUT2D eigenvalue weighted by molar-refractivity contribution is 6.17. The Kier molecular flexibility index (Phi) is 2.73. The summed E-state index contributed by atoms with van der Waals surface area (Å²) in [6.45, 7) is 1.89. The van der Waals surface area contributed by atoms with E-state index in [2.05, 4.69) is 4.98 Å². The highest BCUT2D eigenvalue weighted by atomic mass is 35.5. The normalized spacial score (nSPS) is 10.8. The highest BCUT2D eigenvalue weighted by Crippen LogP contribution is 2.02. The van der Waals surface area contributed by atoms with E-state index in [1.807, 2.05) is 25.1 Å². The van der Waals surface area contributed by atoms with Crippen LogP contribution in [0.5, 0.6) is 0 Å². The average Bonchev–Trinajstić information content (AvgIpc) is 2.22. The molecule has 0 aliphatic carbocycles. The second-order valence-corrected chi connectivity index (χ2v) is 3.77. The summed E-state index contributed by atoms with van der Waals surface area (Å²) in [6, 6.07) is 5.60. The Balaban J connectivity index is 2.77. The highest BCUT2D eigenvalue weighted by Gasteiger charge is 2.05. The van der Waals surface area contributed by atoms with E-state index < -0.39 is 0 Å². The predicted octanol–water partition coefficient (Wildman–Crippen LogP) is 1.78. The van der Waals surface area contributed by atoms with Gasteiger partial charge in [-0.05, 0) is 25.5 Å². The SMILES string of the molecule is Cc1cccc2ncc(CCCl)c(=O)n12. The van der Waals surface area contributed by atoms with Gasteiger partial charge in [0.2, 0.25) is 0 Å². The fourth-order valence-corrected chi connectivity index (χ4v) is 1.79. The molecule has 0 amide bonds. The van der Waals surface area contributed by atoms with Crippen molar-refractivity contribution in [2.45, 2.75) is 13.3 Å². The van der Waals surface area contributed by atoms with Gasteiger partial charge in [-0.3, -0.25) is 9.20 Å². The monoisotopic (exact) mass is 222 g/mol. The lowest BCUT2D eigenvalue weighted by atomic mass is 10.2. The van der Waals surface area contributed by atoms with Gasteiger partial charge in [0.05, 0.1) is 0 Å². The second kappa shape index (κ2) is 4.03. The molecule has 0 radical (unpaired) electrons. The maximum atomic E-state index is 12.0. The summed E-state index contributed by atoms with van der Waals surface area (Å²) >= 11 is 5.62. The Bertz CT molecular complexity index is 548. The fraction of sp³-hybridized carbons (Fsp3) is 0.273. The van der Waals surface area contributed by atoms with Crippen molar-refractivity contribution in [1.29, 1.82) is 0 Å². The van der Waals surface area contributed by atoms with Crippen LogP contribution >= 0.6 is 11.6 Å². The number of rotatable bonds is 2. The smallest absolute Gasteiger partial charge is 0.261 e. The number of aromatic nitrogens is 2. The first-order valence-electron chi connectivity index (χ1n) is 4.76. The van der Waals surface area contributed by atoms with Crippen molar-refractivity contribution in [2.24, 2.45) is 0 Å². The zero-order chi connectivity index (χ0) is 10.8. The first-order chi connectivity index (χ1) is 7.24. The third-order valence-corrected chi connectivity index (χ3v) is 2.55. The van der Waals surface area contributed by atoms with Crippen LogP contribution < -0.4 is 5.56 Å². The Hall–Kier alpha value is -1.35. The van der Waals surface area contributed by atoms with Gasteiger partial charge in [0.25, 0.3) is 5.56 Å². The molecule has 0 aromatic carbocycles. The van der Waals surface area contributed by atoms with Crippen molar-refractivity contribution < 1.29 is 0 Å². The first kappa shape index (κ1) is 10.2. The summed E-state index contributed by atoms with van der Waals surface area (Å²) < 4.78 is 1.61. The van der Waals surface area contributed by atoms with Gasteiger partial charge < -0.3 is 0 Å². The van der Waals surface area contributed by atoms with Crippen LogP contribution in [0.15, 0.2) is 29.2 Å². The lowest BCUT2D eigenvalue weighted by Crippen LogP contribution is -2.21. The molecule has 15 heavy (non-hydrogen) atoms. The number of hydrogen-bond donors (Lipinski definition) is 0. The molecule has 0 saturated carbocycles. The standard InChI is InChI=1S/C11H11ClN2O/c1-8-3-2-4-10-13-7-9(5-6-12)11(15)14(8)10/h2-4,7H,5-6H2,1H3. The predicted molar refractivity (Wildman–Crippen MR) is 60.6 cm³/mol. The quantitative estimate of drug-likeness (QED) is 0.726. The van der Waals surface area contributed by atoms with Gasteiger partial charge in [0, 0.05) is 23.3 Å². The summed E-state index contributed by atoms with van der Waals surface area (Å²) in [5.41, 5.74) is 2.22. The van der Waals surface area contributed by atoms with Crippen LogP contribution in [0.4, 0.5) is 0 Å². The molecule has 0 spiro atoms. The minimum Gasteiger partial charge on any atom is -0.269 e. The Morgan fingerprint density at radius 3 is 3.00 bits per heavy atom. The zero-order valence-corrected chi connectivity index (χ0v) is 9.16. The summed E-state index contributed by atoms with van der Waals surface area (Å²) in [6.07, 6.45) is 2.17. The Labute approximate surface area is 92.3 Å². The maximum absolute atomic E-state index is 12.0. The summed E-state index contributed by atoms with van der Waals surface area (Å²) in [5.74, 6) is 0.439. The van der Waals surface area contributed by atoms with Crippen molar-refractivity contribution in [3.8, 4) is 0 Å². The number of alkyl halides is 1. The third-order valence-electron chi connectivity index (χ3n) is 2.36. The largest absolute Gasteiger partial charge is 0.269 e. The molecule has 2 aromatic heterocycles. The van der Waals surface area contributed by atoms with E-state index in [0.717, 1.165) is 5.69 Å².